The molecular weight excluding hydrogens is 280 g/mol. The Morgan fingerprint density at radius 1 is 1.45 bits per heavy atom. The van der Waals surface area contributed by atoms with Crippen molar-refractivity contribution in [1.82, 2.24) is 5.32 Å². The number of sulfone groups is 1. The molecule has 0 aromatic heterocycles. The Kier molecular flexibility index (Phi) is 4.25. The molecular formula is C13H14N2O4S. The van der Waals surface area contributed by atoms with Crippen molar-refractivity contribution in [2.45, 2.75) is 12.5 Å². The number of nitrogens with zero attached hydrogens (tertiary/aromatic N) is 1. The van der Waals surface area contributed by atoms with Gasteiger partial charge in [0.25, 0.3) is 5.91 Å². The predicted molar refractivity (Wildman–Crippen MR) is 71.9 cm³/mol. The second kappa shape index (κ2) is 5.92. The molecule has 20 heavy (non-hydrogen) atoms. The minimum absolute atomic E-state index is 0.0203. The Hall–Kier alpha value is -2.07. The van der Waals surface area contributed by atoms with Gasteiger partial charge in [-0.15, -0.1) is 0 Å². The van der Waals surface area contributed by atoms with Crippen LogP contribution >= 0.6 is 0 Å². The molecule has 1 aliphatic rings. The minimum atomic E-state index is -3.02. The summed E-state index contributed by atoms with van der Waals surface area (Å²) in [5.41, 5.74) is 0.351. The maximum Gasteiger partial charge on any atom is 0.258 e. The van der Waals surface area contributed by atoms with Gasteiger partial charge in [-0.1, -0.05) is 12.1 Å². The quantitative estimate of drug-likeness (QED) is 0.858. The van der Waals surface area contributed by atoms with Gasteiger partial charge in [0.05, 0.1) is 17.1 Å². The first kappa shape index (κ1) is 14.3. The second-order valence-corrected chi connectivity index (χ2v) is 6.79. The molecule has 0 radical (unpaired) electrons. The lowest BCUT2D eigenvalue weighted by molar-refractivity contribution is -0.123. The summed E-state index contributed by atoms with van der Waals surface area (Å²) in [5.74, 6) is 0.0351. The van der Waals surface area contributed by atoms with Crippen molar-refractivity contribution < 1.29 is 17.9 Å². The van der Waals surface area contributed by atoms with Gasteiger partial charge in [0.1, 0.15) is 11.8 Å². The largest absolute Gasteiger partial charge is 0.482 e. The van der Waals surface area contributed by atoms with Gasteiger partial charge in [0.2, 0.25) is 0 Å². The Labute approximate surface area is 117 Å². The smallest absolute Gasteiger partial charge is 0.258 e. The predicted octanol–water partition coefficient (Wildman–Crippen LogP) is 0.240. The topological polar surface area (TPSA) is 96.3 Å². The summed E-state index contributed by atoms with van der Waals surface area (Å²) in [5, 5.41) is 11.5. The van der Waals surface area contributed by atoms with E-state index in [0.29, 0.717) is 17.7 Å². The molecule has 1 aromatic rings. The monoisotopic (exact) mass is 294 g/mol. The van der Waals surface area contributed by atoms with E-state index in [1.807, 2.05) is 6.07 Å². The van der Waals surface area contributed by atoms with Crippen molar-refractivity contribution in [2.75, 3.05) is 18.1 Å². The van der Waals surface area contributed by atoms with E-state index in [9.17, 15) is 13.2 Å². The van der Waals surface area contributed by atoms with Crippen molar-refractivity contribution in [3.05, 3.63) is 29.8 Å². The maximum atomic E-state index is 11.7. The Balaban J connectivity index is 1.86. The van der Waals surface area contributed by atoms with Crippen LogP contribution in [-0.4, -0.2) is 38.5 Å². The fourth-order valence-electron chi connectivity index (χ4n) is 2.01. The van der Waals surface area contributed by atoms with Crippen LogP contribution in [0.25, 0.3) is 0 Å². The van der Waals surface area contributed by atoms with Crippen LogP contribution in [0.4, 0.5) is 0 Å². The maximum absolute atomic E-state index is 11.7. The highest BCUT2D eigenvalue weighted by Crippen LogP contribution is 2.16. The van der Waals surface area contributed by atoms with Crippen LogP contribution in [0.1, 0.15) is 12.0 Å². The number of hydrogen-bond donors (Lipinski definition) is 1. The van der Waals surface area contributed by atoms with E-state index in [2.05, 4.69) is 5.32 Å². The van der Waals surface area contributed by atoms with Gasteiger partial charge < -0.3 is 10.1 Å². The van der Waals surface area contributed by atoms with Gasteiger partial charge >= 0.3 is 0 Å². The number of carbonyl (C=O) groups excluding carboxylic acids is 1. The molecule has 1 aliphatic heterocycles. The normalized spacial score (nSPS) is 20.1. The van der Waals surface area contributed by atoms with Crippen LogP contribution in [0, 0.1) is 11.3 Å². The van der Waals surface area contributed by atoms with Gasteiger partial charge in [-0.3, -0.25) is 4.79 Å². The fourth-order valence-corrected chi connectivity index (χ4v) is 3.68. The Morgan fingerprint density at radius 3 is 2.85 bits per heavy atom. The standard InChI is InChI=1S/C13H14N2O4S/c14-7-10-3-1-2-4-12(10)19-8-13(16)15-11-5-6-20(17,18)9-11/h1-4,11H,5-6,8-9H2,(H,15,16)/t11-/m0/s1. The summed E-state index contributed by atoms with van der Waals surface area (Å²) in [6.07, 6.45) is 0.433. The number of rotatable bonds is 4. The summed E-state index contributed by atoms with van der Waals surface area (Å²) in [6, 6.07) is 8.23. The van der Waals surface area contributed by atoms with Crippen molar-refractivity contribution in [1.29, 1.82) is 5.26 Å². The number of para-hydroxylation sites is 1. The molecule has 0 aliphatic carbocycles. The average Bonchev–Trinajstić information content (AvgIpc) is 2.76. The van der Waals surface area contributed by atoms with E-state index >= 15 is 0 Å². The Morgan fingerprint density at radius 2 is 2.20 bits per heavy atom. The summed E-state index contributed by atoms with van der Waals surface area (Å²) < 4.78 is 27.8. The van der Waals surface area contributed by atoms with Crippen molar-refractivity contribution in [3.8, 4) is 11.8 Å². The number of nitriles is 1. The molecule has 1 heterocycles. The van der Waals surface area contributed by atoms with Gasteiger partial charge in [-0.05, 0) is 18.6 Å². The second-order valence-electron chi connectivity index (χ2n) is 4.56. The molecule has 1 N–H and O–H groups in total. The first-order chi connectivity index (χ1) is 9.50. The van der Waals surface area contributed by atoms with E-state index in [-0.39, 0.29) is 30.1 Å². The molecule has 2 rings (SSSR count). The number of nitrogens with one attached hydrogen (secondary N) is 1. The summed E-state index contributed by atoms with van der Waals surface area (Å²) in [4.78, 5) is 11.7. The fraction of sp³-hybridized carbons (Fsp3) is 0.385. The van der Waals surface area contributed by atoms with Gasteiger partial charge in [0, 0.05) is 6.04 Å². The molecule has 1 saturated heterocycles. The number of benzene rings is 1. The lowest BCUT2D eigenvalue weighted by atomic mass is 10.2. The van der Waals surface area contributed by atoms with Gasteiger partial charge in [-0.25, -0.2) is 8.42 Å². The molecule has 0 unspecified atom stereocenters. The van der Waals surface area contributed by atoms with Crippen LogP contribution in [0.5, 0.6) is 5.75 Å². The van der Waals surface area contributed by atoms with E-state index in [4.69, 9.17) is 10.00 Å². The molecule has 1 amide bonds. The number of amides is 1. The lowest BCUT2D eigenvalue weighted by Crippen LogP contribution is -2.38. The number of hydrogen-bond acceptors (Lipinski definition) is 5. The zero-order valence-corrected chi connectivity index (χ0v) is 11.5. The lowest BCUT2D eigenvalue weighted by Gasteiger charge is -2.12. The zero-order valence-electron chi connectivity index (χ0n) is 10.7. The Bertz CT molecular complexity index is 649. The summed E-state index contributed by atoms with van der Waals surface area (Å²) in [7, 11) is -3.02. The highest BCUT2D eigenvalue weighted by Gasteiger charge is 2.28. The van der Waals surface area contributed by atoms with Gasteiger partial charge in [-0.2, -0.15) is 5.26 Å². The van der Waals surface area contributed by atoms with Crippen LogP contribution in [0.15, 0.2) is 24.3 Å². The van der Waals surface area contributed by atoms with E-state index in [0.717, 1.165) is 0 Å². The third-order valence-corrected chi connectivity index (χ3v) is 4.73. The minimum Gasteiger partial charge on any atom is -0.482 e. The third-order valence-electron chi connectivity index (χ3n) is 2.96. The summed E-state index contributed by atoms with van der Waals surface area (Å²) >= 11 is 0. The molecule has 1 fully saturated rings. The number of ether oxygens (including phenoxy) is 1. The molecule has 1 atom stereocenters. The first-order valence-corrected chi connectivity index (χ1v) is 7.94. The number of carbonyl (C=O) groups is 1. The summed E-state index contributed by atoms with van der Waals surface area (Å²) in [6.45, 7) is -0.241. The molecule has 106 valence electrons. The van der Waals surface area contributed by atoms with E-state index in [1.54, 1.807) is 24.3 Å². The highest BCUT2D eigenvalue weighted by molar-refractivity contribution is 7.91. The average molecular weight is 294 g/mol. The molecule has 6 nitrogen and oxygen atoms in total. The molecule has 1 aromatic carbocycles. The zero-order chi connectivity index (χ0) is 14.6. The highest BCUT2D eigenvalue weighted by atomic mass is 32.2. The molecule has 0 bridgehead atoms. The van der Waals surface area contributed by atoms with Crippen molar-refractivity contribution in [2.24, 2.45) is 0 Å². The van der Waals surface area contributed by atoms with Crippen LogP contribution in [0.2, 0.25) is 0 Å². The molecule has 7 heteroatoms. The van der Waals surface area contributed by atoms with E-state index < -0.39 is 9.84 Å². The molecule has 0 saturated carbocycles. The van der Waals surface area contributed by atoms with Gasteiger partial charge in [0.15, 0.2) is 16.4 Å². The van der Waals surface area contributed by atoms with Crippen LogP contribution in [0.3, 0.4) is 0 Å². The third kappa shape index (κ3) is 3.71. The van der Waals surface area contributed by atoms with Crippen LogP contribution in [-0.2, 0) is 14.6 Å². The molecule has 0 spiro atoms. The first-order valence-electron chi connectivity index (χ1n) is 6.12. The SMILES string of the molecule is N#Cc1ccccc1OCC(=O)N[C@H]1CCS(=O)(=O)C1. The van der Waals surface area contributed by atoms with Crippen molar-refractivity contribution in [3.63, 3.8) is 0 Å². The van der Waals surface area contributed by atoms with E-state index in [1.165, 1.54) is 0 Å². The van der Waals surface area contributed by atoms with Crippen LogP contribution < -0.4 is 10.1 Å². The van der Waals surface area contributed by atoms with Crippen molar-refractivity contribution >= 4 is 15.7 Å².